The number of para-hydroxylation sites is 2. The molecule has 0 unspecified atom stereocenters. The summed E-state index contributed by atoms with van der Waals surface area (Å²) in [6.07, 6.45) is 0. The van der Waals surface area contributed by atoms with Gasteiger partial charge < -0.3 is 0 Å². The van der Waals surface area contributed by atoms with Crippen LogP contribution in [0.5, 0.6) is 0 Å². The third-order valence-electron chi connectivity index (χ3n) is 2.00. The van der Waals surface area contributed by atoms with Crippen LogP contribution in [0.15, 0.2) is 60.7 Å². The lowest BCUT2D eigenvalue weighted by molar-refractivity contribution is 1.44. The fourth-order valence-corrected chi connectivity index (χ4v) is 1.55. The molecule has 0 bridgehead atoms. The first kappa shape index (κ1) is 12.7. The van der Waals surface area contributed by atoms with Gasteiger partial charge in [0.15, 0.2) is 0 Å². The Labute approximate surface area is 103 Å². The van der Waals surface area contributed by atoms with Gasteiger partial charge in [-0.15, -0.1) is 0 Å². The molecule has 0 N–H and O–H groups in total. The molecule has 0 saturated carbocycles. The van der Waals surface area contributed by atoms with Gasteiger partial charge in [0.05, 0.1) is 11.4 Å². The second-order valence-electron chi connectivity index (χ2n) is 2.98. The SMILES string of the molecule is CC.SN(c1ccccc1)c1ccccc1. The van der Waals surface area contributed by atoms with Gasteiger partial charge in [-0.3, -0.25) is 4.31 Å². The zero-order chi connectivity index (χ0) is 11.8. The van der Waals surface area contributed by atoms with Crippen molar-refractivity contribution in [3.05, 3.63) is 60.7 Å². The molecule has 2 rings (SSSR count). The molecule has 0 spiro atoms. The van der Waals surface area contributed by atoms with Gasteiger partial charge in [0, 0.05) is 0 Å². The number of anilines is 2. The minimum absolute atomic E-state index is 1.07. The Balaban J connectivity index is 0.000000606. The maximum absolute atomic E-state index is 4.44. The highest BCUT2D eigenvalue weighted by Crippen LogP contribution is 2.25. The van der Waals surface area contributed by atoms with E-state index in [1.807, 2.05) is 78.8 Å². The van der Waals surface area contributed by atoms with E-state index in [2.05, 4.69) is 12.8 Å². The summed E-state index contributed by atoms with van der Waals surface area (Å²) in [7, 11) is 0. The van der Waals surface area contributed by atoms with Crippen molar-refractivity contribution in [3.63, 3.8) is 0 Å². The summed E-state index contributed by atoms with van der Waals surface area (Å²) < 4.78 is 1.86. The van der Waals surface area contributed by atoms with Gasteiger partial charge in [0.2, 0.25) is 0 Å². The fraction of sp³-hybridized carbons (Fsp3) is 0.143. The first-order valence-corrected chi connectivity index (χ1v) is 5.87. The third-order valence-corrected chi connectivity index (χ3v) is 2.46. The van der Waals surface area contributed by atoms with Crippen LogP contribution in [0.3, 0.4) is 0 Å². The topological polar surface area (TPSA) is 3.24 Å². The molecule has 2 heteroatoms. The summed E-state index contributed by atoms with van der Waals surface area (Å²) in [4.78, 5) is 0. The first-order chi connectivity index (χ1) is 7.88. The average Bonchev–Trinajstić information content (AvgIpc) is 2.42. The van der Waals surface area contributed by atoms with Gasteiger partial charge in [-0.05, 0) is 24.3 Å². The Bertz CT molecular complexity index is 346. The molecule has 0 saturated heterocycles. The minimum atomic E-state index is 1.07. The Morgan fingerprint density at radius 1 is 0.688 bits per heavy atom. The van der Waals surface area contributed by atoms with E-state index in [0.29, 0.717) is 0 Å². The van der Waals surface area contributed by atoms with E-state index >= 15 is 0 Å². The molecule has 0 aliphatic carbocycles. The first-order valence-electron chi connectivity index (χ1n) is 5.47. The van der Waals surface area contributed by atoms with Gasteiger partial charge in [-0.1, -0.05) is 63.1 Å². The lowest BCUT2D eigenvalue weighted by atomic mass is 10.3. The highest BCUT2D eigenvalue weighted by atomic mass is 32.1. The molecule has 2 aromatic carbocycles. The Morgan fingerprint density at radius 3 is 1.31 bits per heavy atom. The van der Waals surface area contributed by atoms with Crippen molar-refractivity contribution < 1.29 is 0 Å². The van der Waals surface area contributed by atoms with Crippen LogP contribution in [-0.2, 0) is 0 Å². The summed E-state index contributed by atoms with van der Waals surface area (Å²) in [6.45, 7) is 4.00. The maximum atomic E-state index is 4.44. The van der Waals surface area contributed by atoms with Crippen molar-refractivity contribution in [1.29, 1.82) is 0 Å². The summed E-state index contributed by atoms with van der Waals surface area (Å²) in [5.74, 6) is 0. The van der Waals surface area contributed by atoms with Crippen LogP contribution in [-0.4, -0.2) is 0 Å². The van der Waals surface area contributed by atoms with Crippen LogP contribution in [0.4, 0.5) is 11.4 Å². The number of benzene rings is 2. The molecule has 0 heterocycles. The van der Waals surface area contributed by atoms with E-state index in [1.54, 1.807) is 0 Å². The van der Waals surface area contributed by atoms with Crippen molar-refractivity contribution in [2.45, 2.75) is 13.8 Å². The third kappa shape index (κ3) is 3.31. The predicted octanol–water partition coefficient (Wildman–Crippen LogP) is 4.70. The van der Waals surface area contributed by atoms with Crippen molar-refractivity contribution >= 4 is 24.2 Å². The van der Waals surface area contributed by atoms with E-state index in [9.17, 15) is 0 Å². The smallest absolute Gasteiger partial charge is 0.0522 e. The second-order valence-corrected chi connectivity index (χ2v) is 3.38. The van der Waals surface area contributed by atoms with E-state index in [4.69, 9.17) is 0 Å². The van der Waals surface area contributed by atoms with E-state index in [-0.39, 0.29) is 0 Å². The molecule has 1 nitrogen and oxygen atoms in total. The van der Waals surface area contributed by atoms with Gasteiger partial charge in [-0.2, -0.15) is 0 Å². The monoisotopic (exact) mass is 231 g/mol. The van der Waals surface area contributed by atoms with Crippen LogP contribution in [0.25, 0.3) is 0 Å². The predicted molar refractivity (Wildman–Crippen MR) is 75.4 cm³/mol. The van der Waals surface area contributed by atoms with Gasteiger partial charge in [-0.25, -0.2) is 0 Å². The fourth-order valence-electron chi connectivity index (χ4n) is 1.29. The van der Waals surface area contributed by atoms with Crippen molar-refractivity contribution in [2.75, 3.05) is 4.31 Å². The van der Waals surface area contributed by atoms with Crippen LogP contribution in [0.1, 0.15) is 13.8 Å². The van der Waals surface area contributed by atoms with E-state index < -0.39 is 0 Å². The summed E-state index contributed by atoms with van der Waals surface area (Å²) in [5, 5.41) is 0. The molecular weight excluding hydrogens is 214 g/mol. The molecule has 0 radical (unpaired) electrons. The molecule has 0 aromatic heterocycles. The molecule has 2 aromatic rings. The normalized spacial score (nSPS) is 8.94. The van der Waals surface area contributed by atoms with Crippen LogP contribution >= 0.6 is 12.8 Å². The van der Waals surface area contributed by atoms with Crippen molar-refractivity contribution in [1.82, 2.24) is 0 Å². The highest BCUT2D eigenvalue weighted by Gasteiger charge is 2.01. The van der Waals surface area contributed by atoms with Crippen LogP contribution < -0.4 is 4.31 Å². The molecular formula is C14H17NS. The molecule has 0 aliphatic rings. The standard InChI is InChI=1S/C12H11NS.C2H6/c14-13(11-7-3-1-4-8-11)12-9-5-2-6-10-12;1-2/h1-10,14H;1-2H3. The van der Waals surface area contributed by atoms with Gasteiger partial charge >= 0.3 is 0 Å². The van der Waals surface area contributed by atoms with E-state index in [1.165, 1.54) is 0 Å². The lowest BCUT2D eigenvalue weighted by Crippen LogP contribution is -2.00. The number of rotatable bonds is 2. The van der Waals surface area contributed by atoms with Crippen LogP contribution in [0.2, 0.25) is 0 Å². The lowest BCUT2D eigenvalue weighted by Gasteiger charge is -2.17. The number of nitrogens with zero attached hydrogens (tertiary/aromatic N) is 1. The maximum Gasteiger partial charge on any atom is 0.0522 e. The molecule has 0 fully saturated rings. The number of hydrogen-bond donors (Lipinski definition) is 1. The summed E-state index contributed by atoms with van der Waals surface area (Å²) in [6, 6.07) is 20.1. The Hall–Kier alpha value is -1.41. The Kier molecular flexibility index (Phi) is 5.51. The van der Waals surface area contributed by atoms with Crippen molar-refractivity contribution in [3.8, 4) is 0 Å². The molecule has 84 valence electrons. The van der Waals surface area contributed by atoms with Gasteiger partial charge in [0.25, 0.3) is 0 Å². The highest BCUT2D eigenvalue weighted by molar-refractivity contribution is 7.82. The quantitative estimate of drug-likeness (QED) is 0.733. The number of hydrogen-bond acceptors (Lipinski definition) is 2. The average molecular weight is 231 g/mol. The van der Waals surface area contributed by atoms with Crippen LogP contribution in [0, 0.1) is 0 Å². The van der Waals surface area contributed by atoms with E-state index in [0.717, 1.165) is 11.4 Å². The zero-order valence-electron chi connectivity index (χ0n) is 9.67. The molecule has 0 amide bonds. The molecule has 16 heavy (non-hydrogen) atoms. The largest absolute Gasteiger partial charge is 0.287 e. The Morgan fingerprint density at radius 2 is 1.00 bits per heavy atom. The molecule has 0 atom stereocenters. The van der Waals surface area contributed by atoms with Crippen molar-refractivity contribution in [2.24, 2.45) is 0 Å². The summed E-state index contributed by atoms with van der Waals surface area (Å²) >= 11 is 4.44. The minimum Gasteiger partial charge on any atom is -0.287 e. The second kappa shape index (κ2) is 6.96. The molecule has 0 aliphatic heterocycles. The van der Waals surface area contributed by atoms with Gasteiger partial charge in [0.1, 0.15) is 0 Å². The number of thiol groups is 1. The summed E-state index contributed by atoms with van der Waals surface area (Å²) in [5.41, 5.74) is 2.14. The zero-order valence-corrected chi connectivity index (χ0v) is 10.6.